The van der Waals surface area contributed by atoms with Crippen LogP contribution in [0.2, 0.25) is 0 Å². The first kappa shape index (κ1) is 17.0. The quantitative estimate of drug-likeness (QED) is 0.661. The van der Waals surface area contributed by atoms with E-state index in [4.69, 9.17) is 0 Å². The number of hydrogen-bond acceptors (Lipinski definition) is 4. The van der Waals surface area contributed by atoms with Gasteiger partial charge in [-0.1, -0.05) is 12.1 Å². The molecular formula is C17H13BrF3N5. The van der Waals surface area contributed by atoms with E-state index in [0.29, 0.717) is 33.8 Å². The highest BCUT2D eigenvalue weighted by molar-refractivity contribution is 9.10. The van der Waals surface area contributed by atoms with E-state index < -0.39 is 11.7 Å². The van der Waals surface area contributed by atoms with Crippen LogP contribution in [0.3, 0.4) is 0 Å². The van der Waals surface area contributed by atoms with Crippen LogP contribution >= 0.6 is 15.9 Å². The number of imidazole rings is 1. The number of anilines is 1. The number of alkyl halides is 3. The van der Waals surface area contributed by atoms with Gasteiger partial charge < -0.3 is 5.32 Å². The number of rotatable bonds is 4. The maximum atomic E-state index is 13.0. The van der Waals surface area contributed by atoms with E-state index in [0.717, 1.165) is 25.0 Å². The molecule has 2 aromatic heterocycles. The SMILES string of the molecule is FC(F)(F)c1cccc(-c2nc(Br)cn2-c2ccnc(NC3CC3)n2)c1. The van der Waals surface area contributed by atoms with E-state index in [1.165, 1.54) is 6.07 Å². The lowest BCUT2D eigenvalue weighted by Gasteiger charge is -2.11. The zero-order valence-electron chi connectivity index (χ0n) is 13.3. The summed E-state index contributed by atoms with van der Waals surface area (Å²) in [5.74, 6) is 1.37. The number of nitrogens with one attached hydrogen (secondary N) is 1. The molecule has 134 valence electrons. The molecule has 5 nitrogen and oxygen atoms in total. The molecule has 0 saturated heterocycles. The Morgan fingerprint density at radius 3 is 2.69 bits per heavy atom. The van der Waals surface area contributed by atoms with Crippen molar-refractivity contribution in [3.8, 4) is 17.2 Å². The molecule has 0 radical (unpaired) electrons. The van der Waals surface area contributed by atoms with Crippen LogP contribution < -0.4 is 5.32 Å². The van der Waals surface area contributed by atoms with Gasteiger partial charge in [-0.2, -0.15) is 18.2 Å². The van der Waals surface area contributed by atoms with Crippen LogP contribution in [0.1, 0.15) is 18.4 Å². The number of halogens is 4. The van der Waals surface area contributed by atoms with Gasteiger partial charge in [-0.3, -0.25) is 4.57 Å². The Kier molecular flexibility index (Phi) is 4.18. The molecular weight excluding hydrogens is 411 g/mol. The van der Waals surface area contributed by atoms with E-state index in [1.807, 2.05) is 0 Å². The summed E-state index contributed by atoms with van der Waals surface area (Å²) >= 11 is 3.29. The number of hydrogen-bond donors (Lipinski definition) is 1. The molecule has 2 heterocycles. The fraction of sp³-hybridized carbons (Fsp3) is 0.235. The van der Waals surface area contributed by atoms with E-state index in [9.17, 15) is 13.2 Å². The summed E-state index contributed by atoms with van der Waals surface area (Å²) in [7, 11) is 0. The molecule has 1 aliphatic rings. The van der Waals surface area contributed by atoms with Crippen LogP contribution in [0.25, 0.3) is 17.2 Å². The van der Waals surface area contributed by atoms with Gasteiger partial charge in [0.15, 0.2) is 0 Å². The summed E-state index contributed by atoms with van der Waals surface area (Å²) in [5, 5.41) is 3.20. The highest BCUT2D eigenvalue weighted by Gasteiger charge is 2.31. The largest absolute Gasteiger partial charge is 0.416 e. The average molecular weight is 424 g/mol. The van der Waals surface area contributed by atoms with Crippen molar-refractivity contribution in [1.29, 1.82) is 0 Å². The highest BCUT2D eigenvalue weighted by Crippen LogP contribution is 2.33. The molecule has 1 fully saturated rings. The second-order valence-corrected chi connectivity index (χ2v) is 6.81. The van der Waals surface area contributed by atoms with Gasteiger partial charge in [-0.25, -0.2) is 9.97 Å². The maximum absolute atomic E-state index is 13.0. The van der Waals surface area contributed by atoms with Crippen molar-refractivity contribution < 1.29 is 13.2 Å². The van der Waals surface area contributed by atoms with Gasteiger partial charge in [0.25, 0.3) is 0 Å². The van der Waals surface area contributed by atoms with Gasteiger partial charge in [-0.15, -0.1) is 0 Å². The van der Waals surface area contributed by atoms with Crippen LogP contribution in [0.4, 0.5) is 19.1 Å². The standard InChI is InChI=1S/C17H13BrF3N5/c18-13-9-26(14-6-7-22-16(25-14)23-12-4-5-12)15(24-13)10-2-1-3-11(8-10)17(19,20)21/h1-3,6-9,12H,4-5H2,(H,22,23,25). The summed E-state index contributed by atoms with van der Waals surface area (Å²) in [6, 6.07) is 7.14. The van der Waals surface area contributed by atoms with Gasteiger partial charge in [-0.05, 0) is 47.0 Å². The summed E-state index contributed by atoms with van der Waals surface area (Å²) < 4.78 is 41.2. The number of nitrogens with zero attached hydrogens (tertiary/aromatic N) is 4. The lowest BCUT2D eigenvalue weighted by Crippen LogP contribution is -2.08. The predicted octanol–water partition coefficient (Wildman–Crippen LogP) is 4.68. The third-order valence-electron chi connectivity index (χ3n) is 3.92. The summed E-state index contributed by atoms with van der Waals surface area (Å²) in [5.41, 5.74) is -0.375. The topological polar surface area (TPSA) is 55.6 Å². The molecule has 4 rings (SSSR count). The molecule has 3 aromatic rings. The molecule has 0 amide bonds. The van der Waals surface area contributed by atoms with Crippen molar-refractivity contribution in [3.05, 3.63) is 52.9 Å². The molecule has 0 spiro atoms. The minimum absolute atomic E-state index is 0.348. The van der Waals surface area contributed by atoms with Crippen molar-refractivity contribution in [2.75, 3.05) is 5.32 Å². The van der Waals surface area contributed by atoms with Crippen molar-refractivity contribution >= 4 is 21.9 Å². The molecule has 26 heavy (non-hydrogen) atoms. The van der Waals surface area contributed by atoms with E-state index in [-0.39, 0.29) is 0 Å². The molecule has 1 aliphatic carbocycles. The second kappa shape index (κ2) is 6.39. The molecule has 0 unspecified atom stereocenters. The van der Waals surface area contributed by atoms with Crippen molar-refractivity contribution in [1.82, 2.24) is 19.5 Å². The smallest absolute Gasteiger partial charge is 0.351 e. The first-order valence-electron chi connectivity index (χ1n) is 7.92. The van der Waals surface area contributed by atoms with Gasteiger partial charge >= 0.3 is 6.18 Å². The summed E-state index contributed by atoms with van der Waals surface area (Å²) in [6.07, 6.45) is 1.02. The van der Waals surface area contributed by atoms with E-state index in [2.05, 4.69) is 36.2 Å². The van der Waals surface area contributed by atoms with Crippen LogP contribution in [0.15, 0.2) is 47.3 Å². The van der Waals surface area contributed by atoms with E-state index >= 15 is 0 Å². The van der Waals surface area contributed by atoms with Crippen LogP contribution in [0.5, 0.6) is 0 Å². The van der Waals surface area contributed by atoms with Crippen LogP contribution in [-0.4, -0.2) is 25.6 Å². The fourth-order valence-electron chi connectivity index (χ4n) is 2.53. The highest BCUT2D eigenvalue weighted by atomic mass is 79.9. The van der Waals surface area contributed by atoms with Crippen molar-refractivity contribution in [2.24, 2.45) is 0 Å². The Balaban J connectivity index is 1.76. The molecule has 0 bridgehead atoms. The van der Waals surface area contributed by atoms with Crippen LogP contribution in [-0.2, 0) is 6.18 Å². The average Bonchev–Trinajstić information content (AvgIpc) is 3.33. The van der Waals surface area contributed by atoms with Crippen molar-refractivity contribution in [3.63, 3.8) is 0 Å². The first-order chi connectivity index (χ1) is 12.4. The molecule has 1 aromatic carbocycles. The normalized spacial score (nSPS) is 14.5. The molecule has 0 aliphatic heterocycles. The molecule has 1 saturated carbocycles. The van der Waals surface area contributed by atoms with Gasteiger partial charge in [0.05, 0.1) is 5.56 Å². The molecule has 1 N–H and O–H groups in total. The van der Waals surface area contributed by atoms with Gasteiger partial charge in [0.2, 0.25) is 5.95 Å². The minimum atomic E-state index is -4.42. The third kappa shape index (κ3) is 3.57. The van der Waals surface area contributed by atoms with Crippen molar-refractivity contribution in [2.45, 2.75) is 25.1 Å². The maximum Gasteiger partial charge on any atom is 0.416 e. The van der Waals surface area contributed by atoms with Gasteiger partial charge in [0.1, 0.15) is 16.2 Å². The predicted molar refractivity (Wildman–Crippen MR) is 93.9 cm³/mol. The Morgan fingerprint density at radius 1 is 1.15 bits per heavy atom. The zero-order chi connectivity index (χ0) is 18.3. The van der Waals surface area contributed by atoms with Crippen LogP contribution in [0, 0.1) is 0 Å². The second-order valence-electron chi connectivity index (χ2n) is 5.99. The Morgan fingerprint density at radius 2 is 1.96 bits per heavy atom. The monoisotopic (exact) mass is 423 g/mol. The van der Waals surface area contributed by atoms with Gasteiger partial charge in [0, 0.05) is 24.0 Å². The number of aromatic nitrogens is 4. The lowest BCUT2D eigenvalue weighted by molar-refractivity contribution is -0.137. The zero-order valence-corrected chi connectivity index (χ0v) is 14.9. The summed E-state index contributed by atoms with van der Waals surface area (Å²) in [6.45, 7) is 0. The summed E-state index contributed by atoms with van der Waals surface area (Å²) in [4.78, 5) is 13.0. The Hall–Kier alpha value is -2.42. The molecule has 9 heteroatoms. The molecule has 0 atom stereocenters. The van der Waals surface area contributed by atoms with E-state index in [1.54, 1.807) is 29.1 Å². The Bertz CT molecular complexity index is 950. The lowest BCUT2D eigenvalue weighted by atomic mass is 10.1. The number of benzene rings is 1. The first-order valence-corrected chi connectivity index (χ1v) is 8.72. The Labute approximate surface area is 155 Å². The third-order valence-corrected chi connectivity index (χ3v) is 4.30. The minimum Gasteiger partial charge on any atom is -0.351 e. The fourth-order valence-corrected chi connectivity index (χ4v) is 2.90.